The molecule has 0 aliphatic carbocycles. The molecule has 3 amide bonds. The number of alkyl carbamates (subject to hydrolysis) is 1. The van der Waals surface area contributed by atoms with Gasteiger partial charge in [0.2, 0.25) is 11.8 Å². The second-order valence-electron chi connectivity index (χ2n) is 6.32. The molecular formula is C18H25N3O6. The van der Waals surface area contributed by atoms with Crippen LogP contribution in [0.25, 0.3) is 0 Å². The number of aliphatic carboxylic acids is 1. The van der Waals surface area contributed by atoms with Gasteiger partial charge in [-0.05, 0) is 17.9 Å². The van der Waals surface area contributed by atoms with E-state index in [2.05, 4.69) is 10.6 Å². The summed E-state index contributed by atoms with van der Waals surface area (Å²) in [6.45, 7) is 3.46. The molecular weight excluding hydrogens is 354 g/mol. The van der Waals surface area contributed by atoms with Crippen LogP contribution in [0.4, 0.5) is 4.79 Å². The highest BCUT2D eigenvalue weighted by Crippen LogP contribution is 2.06. The summed E-state index contributed by atoms with van der Waals surface area (Å²) in [4.78, 5) is 46.5. The fourth-order valence-electron chi connectivity index (χ4n) is 2.24. The van der Waals surface area contributed by atoms with Crippen molar-refractivity contribution >= 4 is 23.9 Å². The highest BCUT2D eigenvalue weighted by molar-refractivity contribution is 5.91. The molecule has 0 aliphatic heterocycles. The van der Waals surface area contributed by atoms with Crippen molar-refractivity contribution in [1.29, 1.82) is 0 Å². The number of nitrogens with one attached hydrogen (secondary N) is 2. The number of amides is 3. The van der Waals surface area contributed by atoms with Crippen molar-refractivity contribution < 1.29 is 29.0 Å². The molecule has 9 nitrogen and oxygen atoms in total. The highest BCUT2D eigenvalue weighted by Gasteiger charge is 2.28. The van der Waals surface area contributed by atoms with Gasteiger partial charge in [-0.1, -0.05) is 44.2 Å². The number of hydrogen-bond donors (Lipinski definition) is 4. The average molecular weight is 379 g/mol. The van der Waals surface area contributed by atoms with Crippen molar-refractivity contribution in [3.63, 3.8) is 0 Å². The maximum atomic E-state index is 12.4. The molecule has 0 heterocycles. The molecule has 0 radical (unpaired) electrons. The lowest BCUT2D eigenvalue weighted by Gasteiger charge is -2.24. The van der Waals surface area contributed by atoms with Gasteiger partial charge in [0.15, 0.2) is 0 Å². The number of benzene rings is 1. The van der Waals surface area contributed by atoms with Crippen LogP contribution >= 0.6 is 0 Å². The van der Waals surface area contributed by atoms with Gasteiger partial charge in [0.05, 0.1) is 0 Å². The first-order valence-corrected chi connectivity index (χ1v) is 8.49. The average Bonchev–Trinajstić information content (AvgIpc) is 2.61. The molecule has 0 saturated heterocycles. The summed E-state index contributed by atoms with van der Waals surface area (Å²) in [5.41, 5.74) is 5.99. The summed E-state index contributed by atoms with van der Waals surface area (Å²) in [6, 6.07) is 6.92. The zero-order chi connectivity index (χ0) is 20.4. The molecule has 2 atom stereocenters. The minimum atomic E-state index is -1.14. The fraction of sp³-hybridized carbons (Fsp3) is 0.444. The minimum absolute atomic E-state index is 0.0433. The van der Waals surface area contributed by atoms with E-state index in [9.17, 15) is 19.2 Å². The lowest BCUT2D eigenvalue weighted by Crippen LogP contribution is -2.54. The van der Waals surface area contributed by atoms with Gasteiger partial charge in [0.1, 0.15) is 18.7 Å². The first-order chi connectivity index (χ1) is 12.7. The maximum Gasteiger partial charge on any atom is 0.408 e. The van der Waals surface area contributed by atoms with Crippen LogP contribution in [0.1, 0.15) is 32.3 Å². The van der Waals surface area contributed by atoms with E-state index in [0.29, 0.717) is 0 Å². The molecule has 9 heteroatoms. The Labute approximate surface area is 157 Å². The van der Waals surface area contributed by atoms with Gasteiger partial charge in [-0.15, -0.1) is 0 Å². The van der Waals surface area contributed by atoms with Crippen molar-refractivity contribution in [2.75, 3.05) is 0 Å². The first-order valence-electron chi connectivity index (χ1n) is 8.49. The van der Waals surface area contributed by atoms with E-state index < -0.39 is 36.0 Å². The summed E-state index contributed by atoms with van der Waals surface area (Å²) in [7, 11) is 0. The monoisotopic (exact) mass is 379 g/mol. The number of rotatable bonds is 10. The third-order valence-corrected chi connectivity index (χ3v) is 3.74. The Morgan fingerprint density at radius 2 is 1.74 bits per heavy atom. The molecule has 0 aromatic heterocycles. The standard InChI is InChI=1S/C18H25N3O6/c1-11(2)15(17(25)20-13(16(19)24)8-9-14(22)23)21-18(26)27-10-12-6-4-3-5-7-12/h3-7,11,13,15H,8-10H2,1-2H3,(H2,19,24)(H,20,25)(H,21,26)(H,22,23)/t13-,15-/m0/s1. The Balaban J connectivity index is 2.64. The number of carbonyl (C=O) groups excluding carboxylic acids is 3. The molecule has 1 aromatic carbocycles. The van der Waals surface area contributed by atoms with Crippen molar-refractivity contribution in [3.05, 3.63) is 35.9 Å². The van der Waals surface area contributed by atoms with Gasteiger partial charge in [-0.3, -0.25) is 14.4 Å². The zero-order valence-electron chi connectivity index (χ0n) is 15.3. The molecule has 0 unspecified atom stereocenters. The van der Waals surface area contributed by atoms with Crippen molar-refractivity contribution in [3.8, 4) is 0 Å². The van der Waals surface area contributed by atoms with Crippen LogP contribution in [-0.4, -0.2) is 41.1 Å². The van der Waals surface area contributed by atoms with E-state index in [1.165, 1.54) is 0 Å². The van der Waals surface area contributed by atoms with Gasteiger partial charge in [0.25, 0.3) is 0 Å². The van der Waals surface area contributed by atoms with E-state index in [1.807, 2.05) is 18.2 Å². The predicted octanol–water partition coefficient (Wildman–Crippen LogP) is 0.772. The summed E-state index contributed by atoms with van der Waals surface area (Å²) >= 11 is 0. The van der Waals surface area contributed by atoms with Gasteiger partial charge in [-0.2, -0.15) is 0 Å². The van der Waals surface area contributed by atoms with Crippen LogP contribution in [0.2, 0.25) is 0 Å². The predicted molar refractivity (Wildman–Crippen MR) is 96.4 cm³/mol. The number of primary amides is 1. The Hall–Kier alpha value is -3.10. The van der Waals surface area contributed by atoms with Gasteiger partial charge in [-0.25, -0.2) is 4.79 Å². The van der Waals surface area contributed by atoms with Gasteiger partial charge in [0, 0.05) is 6.42 Å². The van der Waals surface area contributed by atoms with Crippen LogP contribution in [0.3, 0.4) is 0 Å². The quantitative estimate of drug-likeness (QED) is 0.472. The van der Waals surface area contributed by atoms with E-state index in [1.54, 1.807) is 26.0 Å². The molecule has 27 heavy (non-hydrogen) atoms. The van der Waals surface area contributed by atoms with Gasteiger partial charge >= 0.3 is 12.1 Å². The van der Waals surface area contributed by atoms with Crippen LogP contribution in [0.5, 0.6) is 0 Å². The number of carboxylic acids is 1. The molecule has 0 saturated carbocycles. The number of hydrogen-bond acceptors (Lipinski definition) is 5. The summed E-state index contributed by atoms with van der Waals surface area (Å²) in [6.07, 6.45) is -1.25. The number of nitrogens with two attached hydrogens (primary N) is 1. The van der Waals surface area contributed by atoms with Crippen LogP contribution < -0.4 is 16.4 Å². The van der Waals surface area contributed by atoms with Crippen molar-refractivity contribution in [2.24, 2.45) is 11.7 Å². The summed E-state index contributed by atoms with van der Waals surface area (Å²) in [5, 5.41) is 13.5. The smallest absolute Gasteiger partial charge is 0.408 e. The Morgan fingerprint density at radius 3 is 2.26 bits per heavy atom. The number of carboxylic acid groups (broad SMARTS) is 1. The Kier molecular flexibility index (Phi) is 8.77. The molecule has 0 aliphatic rings. The lowest BCUT2D eigenvalue weighted by atomic mass is 10.0. The van der Waals surface area contributed by atoms with Gasteiger partial charge < -0.3 is 26.2 Å². The lowest BCUT2D eigenvalue weighted by molar-refractivity contribution is -0.138. The Bertz CT molecular complexity index is 662. The normalized spacial score (nSPS) is 12.7. The number of ether oxygens (including phenoxy) is 1. The molecule has 1 rings (SSSR count). The zero-order valence-corrected chi connectivity index (χ0v) is 15.3. The second kappa shape index (κ2) is 10.8. The van der Waals surface area contributed by atoms with Crippen molar-refractivity contribution in [2.45, 2.75) is 45.4 Å². The number of carbonyl (C=O) groups is 4. The third kappa shape index (κ3) is 8.21. The SMILES string of the molecule is CC(C)[C@H](NC(=O)OCc1ccccc1)C(=O)N[C@@H](CCC(=O)O)C(N)=O. The third-order valence-electron chi connectivity index (χ3n) is 3.74. The fourth-order valence-corrected chi connectivity index (χ4v) is 2.24. The van der Waals surface area contributed by atoms with E-state index in [0.717, 1.165) is 5.56 Å². The molecule has 5 N–H and O–H groups in total. The highest BCUT2D eigenvalue weighted by atomic mass is 16.5. The first kappa shape index (κ1) is 21.9. The van der Waals surface area contributed by atoms with E-state index in [4.69, 9.17) is 15.6 Å². The molecule has 0 bridgehead atoms. The Morgan fingerprint density at radius 1 is 1.11 bits per heavy atom. The maximum absolute atomic E-state index is 12.4. The van der Waals surface area contributed by atoms with E-state index >= 15 is 0 Å². The van der Waals surface area contributed by atoms with Crippen LogP contribution in [-0.2, 0) is 25.7 Å². The minimum Gasteiger partial charge on any atom is -0.481 e. The molecule has 148 valence electrons. The molecule has 0 fully saturated rings. The van der Waals surface area contributed by atoms with Crippen LogP contribution in [0, 0.1) is 5.92 Å². The molecule has 0 spiro atoms. The van der Waals surface area contributed by atoms with Crippen LogP contribution in [0.15, 0.2) is 30.3 Å². The van der Waals surface area contributed by atoms with Crippen molar-refractivity contribution in [1.82, 2.24) is 10.6 Å². The largest absolute Gasteiger partial charge is 0.481 e. The summed E-state index contributed by atoms with van der Waals surface area (Å²) < 4.78 is 5.09. The topological polar surface area (TPSA) is 148 Å². The van der Waals surface area contributed by atoms with E-state index in [-0.39, 0.29) is 25.4 Å². The second-order valence-corrected chi connectivity index (χ2v) is 6.32. The molecule has 1 aromatic rings. The summed E-state index contributed by atoms with van der Waals surface area (Å²) in [5.74, 6) is -2.91.